The first-order valence-electron chi connectivity index (χ1n) is 5.25. The summed E-state index contributed by atoms with van der Waals surface area (Å²) < 4.78 is 4.93. The van der Waals surface area contributed by atoms with Crippen LogP contribution in [0.1, 0.15) is 12.5 Å². The third-order valence-electron chi connectivity index (χ3n) is 2.10. The van der Waals surface area contributed by atoms with Crippen molar-refractivity contribution in [3.8, 4) is 0 Å². The molecule has 1 aromatic rings. The number of ether oxygens (including phenoxy) is 1. The molecule has 0 aliphatic rings. The van der Waals surface area contributed by atoms with Gasteiger partial charge in [0.2, 0.25) is 0 Å². The molecule has 0 aliphatic heterocycles. The molecular formula is C12H18N2O2. The van der Waals surface area contributed by atoms with Gasteiger partial charge in [0, 0.05) is 12.8 Å². The van der Waals surface area contributed by atoms with Crippen molar-refractivity contribution in [3.63, 3.8) is 0 Å². The first kappa shape index (κ1) is 12.5. The van der Waals surface area contributed by atoms with Crippen LogP contribution in [0, 0.1) is 6.92 Å². The lowest BCUT2D eigenvalue weighted by molar-refractivity contribution is 0.173. The number of rotatable bonds is 4. The van der Waals surface area contributed by atoms with Gasteiger partial charge in [-0.05, 0) is 26.0 Å². The average Bonchev–Trinajstić information content (AvgIpc) is 2.21. The summed E-state index contributed by atoms with van der Waals surface area (Å²) in [5, 5.41) is 5.52. The number of hydrogen-bond donors (Lipinski definition) is 2. The molecule has 0 aliphatic carbocycles. The number of nitrogens with one attached hydrogen (secondary N) is 2. The van der Waals surface area contributed by atoms with Gasteiger partial charge in [0.15, 0.2) is 0 Å². The molecule has 0 aromatic heterocycles. The first-order valence-corrected chi connectivity index (χ1v) is 5.25. The zero-order valence-corrected chi connectivity index (χ0v) is 9.91. The fourth-order valence-electron chi connectivity index (χ4n) is 1.32. The second-order valence-corrected chi connectivity index (χ2v) is 3.82. The lowest BCUT2D eigenvalue weighted by Gasteiger charge is -2.13. The van der Waals surface area contributed by atoms with Crippen molar-refractivity contribution in [2.24, 2.45) is 0 Å². The number of carbonyl (C=O) groups is 1. The third kappa shape index (κ3) is 4.31. The summed E-state index contributed by atoms with van der Waals surface area (Å²) >= 11 is 0. The highest BCUT2D eigenvalue weighted by Gasteiger charge is 2.06. The first-order chi connectivity index (χ1) is 7.61. The lowest BCUT2D eigenvalue weighted by Crippen LogP contribution is -2.38. The summed E-state index contributed by atoms with van der Waals surface area (Å²) in [6.07, 6.45) is 0. The third-order valence-corrected chi connectivity index (χ3v) is 2.10. The van der Waals surface area contributed by atoms with Crippen molar-refractivity contribution >= 4 is 11.7 Å². The molecule has 2 amide bonds. The monoisotopic (exact) mass is 222 g/mol. The second kappa shape index (κ2) is 6.12. The summed E-state index contributed by atoms with van der Waals surface area (Å²) in [6, 6.07) is 7.43. The highest BCUT2D eigenvalue weighted by molar-refractivity contribution is 5.89. The highest BCUT2D eigenvalue weighted by Crippen LogP contribution is 2.08. The van der Waals surface area contributed by atoms with E-state index < -0.39 is 0 Å². The Morgan fingerprint density at radius 1 is 1.38 bits per heavy atom. The number of urea groups is 1. The van der Waals surface area contributed by atoms with E-state index in [0.717, 1.165) is 5.69 Å². The molecule has 4 nitrogen and oxygen atoms in total. The largest absolute Gasteiger partial charge is 0.383 e. The van der Waals surface area contributed by atoms with E-state index >= 15 is 0 Å². The van der Waals surface area contributed by atoms with Crippen LogP contribution >= 0.6 is 0 Å². The van der Waals surface area contributed by atoms with Crippen molar-refractivity contribution < 1.29 is 9.53 Å². The Morgan fingerprint density at radius 2 is 2.00 bits per heavy atom. The maximum absolute atomic E-state index is 11.5. The SMILES string of the molecule is COC[C@@H](C)NC(=O)Nc1ccc(C)cc1. The molecule has 4 heteroatoms. The van der Waals surface area contributed by atoms with Gasteiger partial charge in [0.1, 0.15) is 0 Å². The standard InChI is InChI=1S/C12H18N2O2/c1-9-4-6-11(7-5-9)14-12(15)13-10(2)8-16-3/h4-7,10H,8H2,1-3H3,(H2,13,14,15)/t10-/m1/s1. The molecule has 88 valence electrons. The summed E-state index contributed by atoms with van der Waals surface area (Å²) in [5.74, 6) is 0. The molecule has 16 heavy (non-hydrogen) atoms. The van der Waals surface area contributed by atoms with Crippen molar-refractivity contribution in [3.05, 3.63) is 29.8 Å². The minimum Gasteiger partial charge on any atom is -0.383 e. The second-order valence-electron chi connectivity index (χ2n) is 3.82. The smallest absolute Gasteiger partial charge is 0.319 e. The maximum Gasteiger partial charge on any atom is 0.319 e. The van der Waals surface area contributed by atoms with Crippen LogP contribution in [0.3, 0.4) is 0 Å². The van der Waals surface area contributed by atoms with Gasteiger partial charge in [0.25, 0.3) is 0 Å². The predicted octanol–water partition coefficient (Wildman–Crippen LogP) is 2.15. The van der Waals surface area contributed by atoms with Gasteiger partial charge in [-0.1, -0.05) is 17.7 Å². The molecule has 1 atom stereocenters. The van der Waals surface area contributed by atoms with Crippen LogP contribution < -0.4 is 10.6 Å². The number of amides is 2. The van der Waals surface area contributed by atoms with Gasteiger partial charge in [-0.2, -0.15) is 0 Å². The Balaban J connectivity index is 2.42. The molecule has 2 N–H and O–H groups in total. The van der Waals surface area contributed by atoms with Crippen LogP contribution in [0.25, 0.3) is 0 Å². The topological polar surface area (TPSA) is 50.4 Å². The van der Waals surface area contributed by atoms with Crippen LogP contribution in [0.5, 0.6) is 0 Å². The van der Waals surface area contributed by atoms with Gasteiger partial charge in [-0.25, -0.2) is 4.79 Å². The molecule has 1 aromatic carbocycles. The number of methoxy groups -OCH3 is 1. The number of carbonyl (C=O) groups excluding carboxylic acids is 1. The van der Waals surface area contributed by atoms with E-state index in [0.29, 0.717) is 6.61 Å². The summed E-state index contributed by atoms with van der Waals surface area (Å²) in [7, 11) is 1.61. The molecule has 0 saturated carbocycles. The zero-order chi connectivity index (χ0) is 12.0. The Kier molecular flexibility index (Phi) is 4.79. The van der Waals surface area contributed by atoms with Gasteiger partial charge in [-0.3, -0.25) is 0 Å². The van der Waals surface area contributed by atoms with E-state index in [1.165, 1.54) is 5.56 Å². The molecule has 0 spiro atoms. The van der Waals surface area contributed by atoms with Gasteiger partial charge in [-0.15, -0.1) is 0 Å². The molecule has 0 unspecified atom stereocenters. The van der Waals surface area contributed by atoms with E-state index in [1.54, 1.807) is 7.11 Å². The van der Waals surface area contributed by atoms with E-state index in [1.807, 2.05) is 38.1 Å². The van der Waals surface area contributed by atoms with Gasteiger partial charge < -0.3 is 15.4 Å². The fourth-order valence-corrected chi connectivity index (χ4v) is 1.32. The number of aryl methyl sites for hydroxylation is 1. The Bertz CT molecular complexity index is 335. The molecule has 0 heterocycles. The molecular weight excluding hydrogens is 204 g/mol. The van der Waals surface area contributed by atoms with E-state index in [-0.39, 0.29) is 12.1 Å². The van der Waals surface area contributed by atoms with Crippen molar-refractivity contribution in [1.29, 1.82) is 0 Å². The number of anilines is 1. The van der Waals surface area contributed by atoms with E-state index in [2.05, 4.69) is 10.6 Å². The molecule has 0 saturated heterocycles. The highest BCUT2D eigenvalue weighted by atomic mass is 16.5. The minimum absolute atomic E-state index is 0.00421. The van der Waals surface area contributed by atoms with Crippen LogP contribution in [-0.4, -0.2) is 25.8 Å². The van der Waals surface area contributed by atoms with Gasteiger partial charge in [0.05, 0.1) is 12.6 Å². The van der Waals surface area contributed by atoms with Crippen LogP contribution in [-0.2, 0) is 4.74 Å². The Labute approximate surface area is 96.0 Å². The Hall–Kier alpha value is -1.55. The molecule has 0 bridgehead atoms. The summed E-state index contributed by atoms with van der Waals surface area (Å²) in [4.78, 5) is 11.5. The van der Waals surface area contributed by atoms with Gasteiger partial charge >= 0.3 is 6.03 Å². The summed E-state index contributed by atoms with van der Waals surface area (Å²) in [5.41, 5.74) is 1.95. The Morgan fingerprint density at radius 3 is 2.56 bits per heavy atom. The maximum atomic E-state index is 11.5. The van der Waals surface area contributed by atoms with Crippen molar-refractivity contribution in [1.82, 2.24) is 5.32 Å². The van der Waals surface area contributed by atoms with Crippen molar-refractivity contribution in [2.75, 3.05) is 19.0 Å². The lowest BCUT2D eigenvalue weighted by atomic mass is 10.2. The number of benzene rings is 1. The molecule has 0 radical (unpaired) electrons. The van der Waals surface area contributed by atoms with Crippen LogP contribution in [0.15, 0.2) is 24.3 Å². The summed E-state index contributed by atoms with van der Waals surface area (Å²) in [6.45, 7) is 4.39. The zero-order valence-electron chi connectivity index (χ0n) is 9.91. The van der Waals surface area contributed by atoms with Crippen LogP contribution in [0.4, 0.5) is 10.5 Å². The fraction of sp³-hybridized carbons (Fsp3) is 0.417. The van der Waals surface area contributed by atoms with E-state index in [4.69, 9.17) is 4.74 Å². The predicted molar refractivity (Wildman–Crippen MR) is 64.7 cm³/mol. The molecule has 0 fully saturated rings. The number of hydrogen-bond acceptors (Lipinski definition) is 2. The van der Waals surface area contributed by atoms with Crippen molar-refractivity contribution in [2.45, 2.75) is 19.9 Å². The quantitative estimate of drug-likeness (QED) is 0.820. The molecule has 1 rings (SSSR count). The van der Waals surface area contributed by atoms with Crippen LogP contribution in [0.2, 0.25) is 0 Å². The minimum atomic E-state index is -0.214. The normalized spacial score (nSPS) is 11.9. The average molecular weight is 222 g/mol. The van der Waals surface area contributed by atoms with E-state index in [9.17, 15) is 4.79 Å².